The van der Waals surface area contributed by atoms with Gasteiger partial charge in [-0.25, -0.2) is 0 Å². The van der Waals surface area contributed by atoms with Gasteiger partial charge in [-0.2, -0.15) is 52.7 Å². The minimum Gasteiger partial charge on any atom is -0.466 e. The number of hydrogen-bond acceptors (Lipinski definition) is 5. The molecule has 0 heterocycles. The van der Waals surface area contributed by atoms with Gasteiger partial charge >= 0.3 is 24.7 Å². The fourth-order valence-electron chi connectivity index (χ4n) is 7.02. The molecule has 0 spiro atoms. The zero-order valence-corrected chi connectivity index (χ0v) is 36.9. The molecule has 6 aromatic carbocycles. The van der Waals surface area contributed by atoms with E-state index in [4.69, 9.17) is 23.4 Å². The lowest BCUT2D eigenvalue weighted by Gasteiger charge is -2.36. The Morgan fingerprint density at radius 1 is 0.477 bits per heavy atom. The maximum Gasteiger partial charge on any atom is 0.416 e. The molecule has 0 bridgehead atoms. The lowest BCUT2D eigenvalue weighted by molar-refractivity contribution is -0.144. The van der Waals surface area contributed by atoms with E-state index < -0.39 is 80.0 Å². The molecule has 0 saturated heterocycles. The lowest BCUT2D eigenvalue weighted by Crippen LogP contribution is -2.40. The molecule has 5 nitrogen and oxygen atoms in total. The molecule has 0 aliphatic rings. The van der Waals surface area contributed by atoms with Gasteiger partial charge < -0.3 is 23.4 Å². The molecule has 0 aromatic heterocycles. The standard InChI is InChI=1S/C47H42F12O5Si/c1-43(2,3)65(6,7)64-23-26-12-13-36-28(14-26)20-38(30-17-33(46(54,55)56)22-34(18-30)47(57,58)59)42(63-25-61-5)40(36)39-35-11-9-8-10-27(35)19-37(41(39)62-24-60-4)29-15-31(44(48,49)50)21-32(16-29)45(51,52)53/h8-22H,23-25H2,1-7H3. The summed E-state index contributed by atoms with van der Waals surface area (Å²) in [6.07, 6.45) is -21.0. The van der Waals surface area contributed by atoms with E-state index in [-0.39, 0.29) is 79.1 Å². The minimum atomic E-state index is -5.26. The van der Waals surface area contributed by atoms with Crippen LogP contribution >= 0.6 is 0 Å². The van der Waals surface area contributed by atoms with E-state index in [1.54, 1.807) is 36.4 Å². The number of hydrogen-bond donors (Lipinski definition) is 0. The van der Waals surface area contributed by atoms with Gasteiger partial charge in [0, 0.05) is 36.5 Å². The van der Waals surface area contributed by atoms with Crippen molar-refractivity contribution in [3.05, 3.63) is 119 Å². The van der Waals surface area contributed by atoms with Gasteiger partial charge in [-0.3, -0.25) is 0 Å². The van der Waals surface area contributed by atoms with Gasteiger partial charge in [0.1, 0.15) is 11.5 Å². The minimum absolute atomic E-state index is 0.0323. The molecular formula is C47H42F12O5Si. The number of methoxy groups -OCH3 is 2. The third kappa shape index (κ3) is 10.6. The van der Waals surface area contributed by atoms with Crippen LogP contribution in [-0.4, -0.2) is 36.1 Å². The van der Waals surface area contributed by atoms with Crippen molar-refractivity contribution in [3.63, 3.8) is 0 Å². The van der Waals surface area contributed by atoms with Gasteiger partial charge in [0.05, 0.1) is 28.9 Å². The maximum atomic E-state index is 14.4. The van der Waals surface area contributed by atoms with Gasteiger partial charge in [-0.1, -0.05) is 57.2 Å². The van der Waals surface area contributed by atoms with Crippen molar-refractivity contribution in [3.8, 4) is 44.9 Å². The summed E-state index contributed by atoms with van der Waals surface area (Å²) in [4.78, 5) is 0. The van der Waals surface area contributed by atoms with Crippen LogP contribution in [0.4, 0.5) is 52.7 Å². The third-order valence-electron chi connectivity index (χ3n) is 11.3. The van der Waals surface area contributed by atoms with E-state index in [2.05, 4.69) is 0 Å². The van der Waals surface area contributed by atoms with Crippen molar-refractivity contribution in [2.75, 3.05) is 27.8 Å². The number of rotatable bonds is 12. The number of alkyl halides is 12. The first-order valence-corrected chi connectivity index (χ1v) is 22.6. The summed E-state index contributed by atoms with van der Waals surface area (Å²) in [5.74, 6) is -0.717. The number of fused-ring (bicyclic) bond motifs is 2. The van der Waals surface area contributed by atoms with E-state index in [0.717, 1.165) is 0 Å². The fraction of sp³-hybridized carbons (Fsp3) is 0.319. The normalized spacial score (nSPS) is 13.2. The molecule has 65 heavy (non-hydrogen) atoms. The molecule has 6 rings (SSSR count). The molecule has 0 unspecified atom stereocenters. The Morgan fingerprint density at radius 3 is 1.28 bits per heavy atom. The number of halogens is 12. The van der Waals surface area contributed by atoms with Gasteiger partial charge in [-0.05, 0) is 111 Å². The second kappa shape index (κ2) is 17.8. The average molecular weight is 943 g/mol. The second-order valence-corrected chi connectivity index (χ2v) is 21.6. The lowest BCUT2D eigenvalue weighted by atomic mass is 9.85. The Hall–Kier alpha value is -5.30. The Bertz CT molecular complexity index is 2650. The van der Waals surface area contributed by atoms with Crippen molar-refractivity contribution in [1.82, 2.24) is 0 Å². The monoisotopic (exact) mass is 942 g/mol. The summed E-state index contributed by atoms with van der Waals surface area (Å²) in [5, 5.41) is 0.734. The molecule has 0 aliphatic carbocycles. The predicted molar refractivity (Wildman–Crippen MR) is 225 cm³/mol. The zero-order valence-electron chi connectivity index (χ0n) is 35.9. The van der Waals surface area contributed by atoms with Crippen molar-refractivity contribution in [2.45, 2.75) is 70.2 Å². The van der Waals surface area contributed by atoms with Gasteiger partial charge in [-0.15, -0.1) is 0 Å². The number of benzene rings is 6. The summed E-state index contributed by atoms with van der Waals surface area (Å²) in [6.45, 7) is 8.88. The second-order valence-electron chi connectivity index (χ2n) is 16.8. The van der Waals surface area contributed by atoms with E-state index >= 15 is 0 Å². The van der Waals surface area contributed by atoms with Crippen LogP contribution < -0.4 is 9.47 Å². The topological polar surface area (TPSA) is 46.2 Å². The fourth-order valence-corrected chi connectivity index (χ4v) is 7.98. The molecule has 0 aliphatic heterocycles. The molecule has 0 radical (unpaired) electrons. The van der Waals surface area contributed by atoms with E-state index in [1.807, 2.05) is 33.9 Å². The Labute approximate surface area is 366 Å². The Balaban J connectivity index is 1.84. The smallest absolute Gasteiger partial charge is 0.416 e. The van der Waals surface area contributed by atoms with Crippen LogP contribution in [0.1, 0.15) is 48.6 Å². The highest BCUT2D eigenvalue weighted by Gasteiger charge is 2.40. The average Bonchev–Trinajstić information content (AvgIpc) is 3.21. The first-order valence-electron chi connectivity index (χ1n) is 19.7. The van der Waals surface area contributed by atoms with E-state index in [0.29, 0.717) is 29.8 Å². The molecule has 0 amide bonds. The van der Waals surface area contributed by atoms with Crippen LogP contribution in [-0.2, 0) is 45.2 Å². The highest BCUT2D eigenvalue weighted by Crippen LogP contribution is 2.54. The van der Waals surface area contributed by atoms with Crippen LogP contribution in [0.2, 0.25) is 18.1 Å². The first kappa shape index (κ1) is 49.1. The Morgan fingerprint density at radius 2 is 0.877 bits per heavy atom. The summed E-state index contributed by atoms with van der Waals surface area (Å²) in [7, 11) is 0.0154. The summed E-state index contributed by atoms with van der Waals surface area (Å²) >= 11 is 0. The first-order chi connectivity index (χ1) is 30.0. The van der Waals surface area contributed by atoms with Crippen LogP contribution in [0.15, 0.2) is 91.0 Å². The Kier molecular flexibility index (Phi) is 13.5. The summed E-state index contributed by atoms with van der Waals surface area (Å²) < 4.78 is 202. The summed E-state index contributed by atoms with van der Waals surface area (Å²) in [6, 6.07) is 15.7. The molecule has 0 atom stereocenters. The van der Waals surface area contributed by atoms with Gasteiger partial charge in [0.25, 0.3) is 0 Å². The van der Waals surface area contributed by atoms with Crippen molar-refractivity contribution in [1.29, 1.82) is 0 Å². The molecule has 0 fully saturated rings. The highest BCUT2D eigenvalue weighted by atomic mass is 28.4. The third-order valence-corrected chi connectivity index (χ3v) is 15.7. The van der Waals surface area contributed by atoms with Gasteiger partial charge in [0.15, 0.2) is 21.9 Å². The van der Waals surface area contributed by atoms with Crippen molar-refractivity contribution < 1.29 is 76.1 Å². The molecule has 18 heteroatoms. The van der Waals surface area contributed by atoms with E-state index in [1.165, 1.54) is 32.4 Å². The predicted octanol–water partition coefficient (Wildman–Crippen LogP) is 15.6. The largest absolute Gasteiger partial charge is 0.466 e. The molecule has 0 N–H and O–H groups in total. The quantitative estimate of drug-likeness (QED) is 0.0695. The molecule has 0 saturated carbocycles. The van der Waals surface area contributed by atoms with Crippen LogP contribution in [0.25, 0.3) is 54.9 Å². The molecule has 6 aromatic rings. The van der Waals surface area contributed by atoms with Gasteiger partial charge in [0.2, 0.25) is 0 Å². The number of ether oxygens (including phenoxy) is 4. The molecular weight excluding hydrogens is 901 g/mol. The van der Waals surface area contributed by atoms with Crippen LogP contribution in [0, 0.1) is 0 Å². The maximum absolute atomic E-state index is 14.4. The summed E-state index contributed by atoms with van der Waals surface area (Å²) in [5.41, 5.74) is -7.93. The van der Waals surface area contributed by atoms with Crippen molar-refractivity contribution in [2.24, 2.45) is 0 Å². The zero-order chi connectivity index (χ0) is 48.1. The highest BCUT2D eigenvalue weighted by molar-refractivity contribution is 6.74. The SMILES string of the molecule is COCOc1c(-c2cc(C(F)(F)F)cc(C(F)(F)F)c2)cc2ccccc2c1-c1c(OCOC)c(-c2cc(C(F)(F)F)cc(C(F)(F)F)c2)cc2cc(CO[Si](C)(C)C(C)(C)C)ccc12. The van der Waals surface area contributed by atoms with Crippen molar-refractivity contribution >= 4 is 29.9 Å². The van der Waals surface area contributed by atoms with Crippen LogP contribution in [0.3, 0.4) is 0 Å². The van der Waals surface area contributed by atoms with E-state index in [9.17, 15) is 52.7 Å². The van der Waals surface area contributed by atoms with Crippen LogP contribution in [0.5, 0.6) is 11.5 Å². The molecule has 348 valence electrons.